The highest BCUT2D eigenvalue weighted by atomic mass is 16.4. The summed E-state index contributed by atoms with van der Waals surface area (Å²) in [6.07, 6.45) is 4.08. The first-order valence-electron chi connectivity index (χ1n) is 7.84. The van der Waals surface area contributed by atoms with Crippen molar-refractivity contribution in [3.8, 4) is 0 Å². The Morgan fingerprint density at radius 2 is 1.78 bits per heavy atom. The van der Waals surface area contributed by atoms with Crippen molar-refractivity contribution in [2.45, 2.75) is 45.2 Å². The quantitative estimate of drug-likeness (QED) is 0.744. The smallest absolute Gasteiger partial charge is 0.335 e. The zero-order valence-electron chi connectivity index (χ0n) is 13.2. The van der Waals surface area contributed by atoms with Gasteiger partial charge in [-0.05, 0) is 36.5 Å². The molecule has 0 bridgehead atoms. The highest BCUT2D eigenvalue weighted by molar-refractivity contribution is 5.88. The van der Waals surface area contributed by atoms with Crippen LogP contribution in [-0.4, -0.2) is 28.9 Å². The molecule has 1 fully saturated rings. The van der Waals surface area contributed by atoms with Gasteiger partial charge in [0.05, 0.1) is 5.56 Å². The van der Waals surface area contributed by atoms with Gasteiger partial charge in [-0.1, -0.05) is 25.0 Å². The van der Waals surface area contributed by atoms with Gasteiger partial charge < -0.3 is 15.7 Å². The van der Waals surface area contributed by atoms with Crippen LogP contribution in [0.3, 0.4) is 0 Å². The second-order valence-electron chi connectivity index (χ2n) is 5.94. The van der Waals surface area contributed by atoms with E-state index in [1.165, 1.54) is 19.1 Å². The lowest BCUT2D eigenvalue weighted by molar-refractivity contribution is -0.129. The third-order valence-electron chi connectivity index (χ3n) is 4.18. The molecule has 2 amide bonds. The molecule has 23 heavy (non-hydrogen) atoms. The number of amides is 2. The summed E-state index contributed by atoms with van der Waals surface area (Å²) in [5.41, 5.74) is 1.03. The molecule has 0 spiro atoms. The van der Waals surface area contributed by atoms with Gasteiger partial charge in [0.15, 0.2) is 0 Å². The molecule has 0 heterocycles. The third kappa shape index (κ3) is 4.81. The van der Waals surface area contributed by atoms with Crippen LogP contribution < -0.4 is 10.6 Å². The van der Waals surface area contributed by atoms with E-state index in [0.717, 1.165) is 31.2 Å². The maximum atomic E-state index is 12.4. The number of carbonyl (C=O) groups is 3. The molecular weight excluding hydrogens is 296 g/mol. The fraction of sp³-hybridized carbons (Fsp3) is 0.471. The largest absolute Gasteiger partial charge is 0.478 e. The minimum atomic E-state index is -0.979. The van der Waals surface area contributed by atoms with E-state index in [0.29, 0.717) is 6.54 Å². The van der Waals surface area contributed by atoms with E-state index < -0.39 is 12.0 Å². The number of carboxylic acid groups (broad SMARTS) is 1. The normalized spacial score (nSPS) is 15.9. The van der Waals surface area contributed by atoms with Gasteiger partial charge in [-0.2, -0.15) is 0 Å². The Hall–Kier alpha value is -2.37. The Bertz CT molecular complexity index is 577. The Morgan fingerprint density at radius 1 is 1.17 bits per heavy atom. The van der Waals surface area contributed by atoms with Crippen LogP contribution in [0.25, 0.3) is 0 Å². The first kappa shape index (κ1) is 17.0. The molecule has 1 aromatic rings. The van der Waals surface area contributed by atoms with Gasteiger partial charge >= 0.3 is 5.97 Å². The molecule has 3 N–H and O–H groups in total. The molecule has 1 aliphatic rings. The fourth-order valence-corrected chi connectivity index (χ4v) is 2.97. The minimum Gasteiger partial charge on any atom is -0.478 e. The molecule has 0 aromatic heterocycles. The number of hydrogen-bond donors (Lipinski definition) is 3. The van der Waals surface area contributed by atoms with Crippen LogP contribution in [0.5, 0.6) is 0 Å². The van der Waals surface area contributed by atoms with Crippen LogP contribution in [0.4, 0.5) is 0 Å². The molecule has 6 nitrogen and oxygen atoms in total. The molecule has 6 heteroatoms. The molecule has 1 atom stereocenters. The van der Waals surface area contributed by atoms with Crippen molar-refractivity contribution >= 4 is 17.8 Å². The van der Waals surface area contributed by atoms with Gasteiger partial charge in [-0.25, -0.2) is 4.79 Å². The van der Waals surface area contributed by atoms with Gasteiger partial charge in [0.1, 0.15) is 6.04 Å². The topological polar surface area (TPSA) is 95.5 Å². The first-order valence-corrected chi connectivity index (χ1v) is 7.84. The lowest BCUT2D eigenvalue weighted by atomic mass is 9.97. The van der Waals surface area contributed by atoms with Crippen molar-refractivity contribution in [2.24, 2.45) is 5.92 Å². The lowest BCUT2D eigenvalue weighted by Crippen LogP contribution is -2.49. The van der Waals surface area contributed by atoms with Crippen LogP contribution in [0.2, 0.25) is 0 Å². The molecule has 1 saturated carbocycles. The minimum absolute atomic E-state index is 0.186. The molecule has 0 saturated heterocycles. The van der Waals surface area contributed by atoms with E-state index in [1.807, 2.05) is 0 Å². The lowest BCUT2D eigenvalue weighted by Gasteiger charge is -2.23. The summed E-state index contributed by atoms with van der Waals surface area (Å²) in [6.45, 7) is 1.72. The van der Waals surface area contributed by atoms with Gasteiger partial charge in [0.25, 0.3) is 0 Å². The molecule has 1 unspecified atom stereocenters. The summed E-state index contributed by atoms with van der Waals surface area (Å²) in [5, 5.41) is 14.4. The number of nitrogens with one attached hydrogen (secondary N) is 2. The average Bonchev–Trinajstić information content (AvgIpc) is 3.04. The van der Waals surface area contributed by atoms with E-state index in [1.54, 1.807) is 12.1 Å². The van der Waals surface area contributed by atoms with Gasteiger partial charge in [-0.3, -0.25) is 9.59 Å². The van der Waals surface area contributed by atoms with Crippen LogP contribution in [-0.2, 0) is 16.1 Å². The Kier molecular flexibility index (Phi) is 5.73. The van der Waals surface area contributed by atoms with E-state index >= 15 is 0 Å². The number of carbonyl (C=O) groups excluding carboxylic acids is 2. The van der Waals surface area contributed by atoms with Crippen LogP contribution in [0, 0.1) is 5.92 Å². The maximum Gasteiger partial charge on any atom is 0.335 e. The summed E-state index contributed by atoms with van der Waals surface area (Å²) in [4.78, 5) is 34.5. The Labute approximate surface area is 135 Å². The number of rotatable bonds is 6. The maximum absolute atomic E-state index is 12.4. The Balaban J connectivity index is 1.94. The van der Waals surface area contributed by atoms with Crippen LogP contribution in [0.15, 0.2) is 24.3 Å². The SMILES string of the molecule is CC(=O)NC(C(=O)NCc1ccc(C(=O)O)cc1)C1CCCC1. The summed E-state index contributed by atoms with van der Waals surface area (Å²) < 4.78 is 0. The molecule has 0 aliphatic heterocycles. The predicted octanol–water partition coefficient (Wildman–Crippen LogP) is 1.70. The fourth-order valence-electron chi connectivity index (χ4n) is 2.97. The number of benzene rings is 1. The third-order valence-corrected chi connectivity index (χ3v) is 4.18. The number of aromatic carboxylic acids is 1. The van der Waals surface area contributed by atoms with Crippen molar-refractivity contribution in [1.29, 1.82) is 0 Å². The Morgan fingerprint density at radius 3 is 2.30 bits per heavy atom. The number of carboxylic acids is 1. The van der Waals surface area contributed by atoms with Gasteiger partial charge in [0.2, 0.25) is 11.8 Å². The molecular formula is C17H22N2O4. The standard InChI is InChI=1S/C17H22N2O4/c1-11(20)19-15(13-4-2-3-5-13)16(21)18-10-12-6-8-14(9-7-12)17(22)23/h6-9,13,15H,2-5,10H2,1H3,(H,18,21)(H,19,20)(H,22,23). The number of hydrogen-bond acceptors (Lipinski definition) is 3. The second-order valence-corrected chi connectivity index (χ2v) is 5.94. The van der Waals surface area contributed by atoms with Crippen molar-refractivity contribution in [1.82, 2.24) is 10.6 Å². The van der Waals surface area contributed by atoms with Gasteiger partial charge in [-0.15, -0.1) is 0 Å². The molecule has 0 radical (unpaired) electrons. The van der Waals surface area contributed by atoms with Crippen molar-refractivity contribution in [3.05, 3.63) is 35.4 Å². The zero-order chi connectivity index (χ0) is 16.8. The van der Waals surface area contributed by atoms with Crippen molar-refractivity contribution < 1.29 is 19.5 Å². The summed E-state index contributed by atoms with van der Waals surface area (Å²) in [5.74, 6) is -1.18. The monoisotopic (exact) mass is 318 g/mol. The highest BCUT2D eigenvalue weighted by Crippen LogP contribution is 2.27. The van der Waals surface area contributed by atoms with Crippen molar-refractivity contribution in [2.75, 3.05) is 0 Å². The van der Waals surface area contributed by atoms with E-state index in [2.05, 4.69) is 10.6 Å². The first-order chi connectivity index (χ1) is 11.0. The molecule has 124 valence electrons. The van der Waals surface area contributed by atoms with Gasteiger partial charge in [0, 0.05) is 13.5 Å². The van der Waals surface area contributed by atoms with E-state index in [4.69, 9.17) is 5.11 Å². The molecule has 1 aliphatic carbocycles. The average molecular weight is 318 g/mol. The van der Waals surface area contributed by atoms with E-state index in [9.17, 15) is 14.4 Å². The van der Waals surface area contributed by atoms with E-state index in [-0.39, 0.29) is 23.3 Å². The molecule has 2 rings (SSSR count). The zero-order valence-corrected chi connectivity index (χ0v) is 13.2. The molecule has 1 aromatic carbocycles. The van der Waals surface area contributed by atoms with Crippen LogP contribution >= 0.6 is 0 Å². The summed E-state index contributed by atoms with van der Waals surface area (Å²) in [6, 6.07) is 5.87. The predicted molar refractivity (Wildman–Crippen MR) is 84.8 cm³/mol. The second kappa shape index (κ2) is 7.76. The summed E-state index contributed by atoms with van der Waals surface area (Å²) >= 11 is 0. The van der Waals surface area contributed by atoms with Crippen LogP contribution in [0.1, 0.15) is 48.5 Å². The summed E-state index contributed by atoms with van der Waals surface area (Å²) in [7, 11) is 0. The highest BCUT2D eigenvalue weighted by Gasteiger charge is 2.31. The van der Waals surface area contributed by atoms with Crippen molar-refractivity contribution in [3.63, 3.8) is 0 Å².